The first-order valence-corrected chi connectivity index (χ1v) is 10.4. The third kappa shape index (κ3) is 5.17. The first-order valence-electron chi connectivity index (χ1n) is 10.0. The van der Waals surface area contributed by atoms with Gasteiger partial charge in [0.05, 0.1) is 6.04 Å². The summed E-state index contributed by atoms with van der Waals surface area (Å²) in [7, 11) is 0. The summed E-state index contributed by atoms with van der Waals surface area (Å²) in [5.74, 6) is 0.460. The van der Waals surface area contributed by atoms with Crippen molar-refractivity contribution in [3.8, 4) is 5.75 Å². The molecule has 1 amide bonds. The number of ether oxygens (including phenoxy) is 1. The number of benzene rings is 2. The van der Waals surface area contributed by atoms with E-state index in [1.165, 1.54) is 11.1 Å². The van der Waals surface area contributed by atoms with E-state index in [4.69, 9.17) is 16.3 Å². The Hall–Kier alpha value is -2.89. The van der Waals surface area contributed by atoms with Gasteiger partial charge in [0.1, 0.15) is 5.75 Å². The zero-order valence-corrected chi connectivity index (χ0v) is 17.4. The standard InChI is InChI=1S/C24H24ClN3O2/c25-21-7-9-22(10-8-21)30-17-24(29)27-15-23(19-6-3-12-26-14-19)28-13-11-18-4-1-2-5-20(18)16-28/h1-10,12,14,23H,11,13,15-17H2,(H,27,29)/t23-/m1/s1. The third-order valence-corrected chi connectivity index (χ3v) is 5.60. The number of halogens is 1. The molecule has 154 valence electrons. The number of pyridine rings is 1. The van der Waals surface area contributed by atoms with E-state index < -0.39 is 0 Å². The van der Waals surface area contributed by atoms with E-state index in [2.05, 4.69) is 45.5 Å². The van der Waals surface area contributed by atoms with Crippen molar-refractivity contribution in [2.75, 3.05) is 19.7 Å². The highest BCUT2D eigenvalue weighted by molar-refractivity contribution is 6.30. The summed E-state index contributed by atoms with van der Waals surface area (Å²) in [6, 6.07) is 19.6. The molecule has 1 aliphatic rings. The van der Waals surface area contributed by atoms with Crippen LogP contribution in [0.2, 0.25) is 5.02 Å². The van der Waals surface area contributed by atoms with Crippen LogP contribution in [-0.2, 0) is 17.8 Å². The lowest BCUT2D eigenvalue weighted by Gasteiger charge is -2.36. The molecule has 0 radical (unpaired) electrons. The van der Waals surface area contributed by atoms with Crippen molar-refractivity contribution in [2.45, 2.75) is 19.0 Å². The second-order valence-corrected chi connectivity index (χ2v) is 7.77. The molecule has 4 rings (SSSR count). The molecule has 1 aromatic heterocycles. The average molecular weight is 422 g/mol. The van der Waals surface area contributed by atoms with E-state index in [1.54, 1.807) is 30.5 Å². The molecule has 0 unspecified atom stereocenters. The monoisotopic (exact) mass is 421 g/mol. The quantitative estimate of drug-likeness (QED) is 0.625. The van der Waals surface area contributed by atoms with Crippen LogP contribution in [0.1, 0.15) is 22.7 Å². The number of hydrogen-bond acceptors (Lipinski definition) is 4. The molecule has 0 saturated heterocycles. The van der Waals surface area contributed by atoms with E-state index >= 15 is 0 Å². The van der Waals surface area contributed by atoms with Crippen LogP contribution < -0.4 is 10.1 Å². The molecule has 1 aliphatic heterocycles. The van der Waals surface area contributed by atoms with Crippen molar-refractivity contribution in [2.24, 2.45) is 0 Å². The SMILES string of the molecule is O=C(COc1ccc(Cl)cc1)NC[C@H](c1cccnc1)N1CCc2ccccc2C1. The molecule has 0 bridgehead atoms. The lowest BCUT2D eigenvalue weighted by atomic mass is 9.97. The van der Waals surface area contributed by atoms with E-state index in [9.17, 15) is 4.79 Å². The predicted molar refractivity (Wildman–Crippen MR) is 117 cm³/mol. The van der Waals surface area contributed by atoms with Gasteiger partial charge in [-0.05, 0) is 53.4 Å². The molecule has 6 heteroatoms. The molecule has 0 fully saturated rings. The number of rotatable bonds is 7. The number of hydrogen-bond donors (Lipinski definition) is 1. The number of aromatic nitrogens is 1. The number of carbonyl (C=O) groups excluding carboxylic acids is 1. The highest BCUT2D eigenvalue weighted by Gasteiger charge is 2.25. The summed E-state index contributed by atoms with van der Waals surface area (Å²) in [4.78, 5) is 19.1. The average Bonchev–Trinajstić information content (AvgIpc) is 2.79. The Kier molecular flexibility index (Phi) is 6.62. The Balaban J connectivity index is 1.40. The number of fused-ring (bicyclic) bond motifs is 1. The van der Waals surface area contributed by atoms with Crippen LogP contribution >= 0.6 is 11.6 Å². The lowest BCUT2D eigenvalue weighted by molar-refractivity contribution is -0.123. The maximum atomic E-state index is 12.4. The molecular formula is C24H24ClN3O2. The van der Waals surface area contributed by atoms with Crippen molar-refractivity contribution in [3.05, 3.63) is 94.8 Å². The van der Waals surface area contributed by atoms with Crippen LogP contribution in [0.25, 0.3) is 0 Å². The van der Waals surface area contributed by atoms with Crippen LogP contribution in [0.5, 0.6) is 5.75 Å². The van der Waals surface area contributed by atoms with E-state index in [1.807, 2.05) is 12.3 Å². The molecule has 3 aromatic rings. The Morgan fingerprint density at radius 3 is 2.67 bits per heavy atom. The van der Waals surface area contributed by atoms with Gasteiger partial charge >= 0.3 is 0 Å². The smallest absolute Gasteiger partial charge is 0.258 e. The largest absolute Gasteiger partial charge is 0.484 e. The predicted octanol–water partition coefficient (Wildman–Crippen LogP) is 4.03. The molecule has 1 N–H and O–H groups in total. The van der Waals surface area contributed by atoms with Crippen molar-refractivity contribution in [3.63, 3.8) is 0 Å². The highest BCUT2D eigenvalue weighted by atomic mass is 35.5. The molecule has 0 spiro atoms. The Morgan fingerprint density at radius 2 is 1.90 bits per heavy atom. The van der Waals surface area contributed by atoms with E-state index in [0.717, 1.165) is 25.1 Å². The van der Waals surface area contributed by atoms with Gasteiger partial charge in [-0.2, -0.15) is 0 Å². The van der Waals surface area contributed by atoms with Gasteiger partial charge in [-0.1, -0.05) is 41.9 Å². The fraction of sp³-hybridized carbons (Fsp3) is 0.250. The summed E-state index contributed by atoms with van der Waals surface area (Å²) in [5.41, 5.74) is 3.84. The molecule has 5 nitrogen and oxygen atoms in total. The van der Waals surface area contributed by atoms with Gasteiger partial charge in [-0.3, -0.25) is 14.7 Å². The lowest BCUT2D eigenvalue weighted by Crippen LogP contribution is -2.41. The minimum Gasteiger partial charge on any atom is -0.484 e. The zero-order valence-electron chi connectivity index (χ0n) is 16.6. The van der Waals surface area contributed by atoms with Crippen LogP contribution in [0, 0.1) is 0 Å². The van der Waals surface area contributed by atoms with Gasteiger partial charge in [0.2, 0.25) is 0 Å². The Labute approximate surface area is 181 Å². The normalized spacial score (nSPS) is 14.6. The zero-order chi connectivity index (χ0) is 20.8. The second-order valence-electron chi connectivity index (χ2n) is 7.34. The summed E-state index contributed by atoms with van der Waals surface area (Å²) in [6.45, 7) is 2.25. The number of carbonyl (C=O) groups is 1. The number of amides is 1. The van der Waals surface area contributed by atoms with Crippen molar-refractivity contribution in [1.82, 2.24) is 15.2 Å². The Morgan fingerprint density at radius 1 is 1.10 bits per heavy atom. The summed E-state index contributed by atoms with van der Waals surface area (Å²) < 4.78 is 5.56. The summed E-state index contributed by atoms with van der Waals surface area (Å²) >= 11 is 5.88. The molecule has 30 heavy (non-hydrogen) atoms. The molecule has 0 saturated carbocycles. The van der Waals surface area contributed by atoms with Crippen molar-refractivity contribution in [1.29, 1.82) is 0 Å². The third-order valence-electron chi connectivity index (χ3n) is 5.35. The molecule has 1 atom stereocenters. The van der Waals surface area contributed by atoms with Gasteiger partial charge in [-0.25, -0.2) is 0 Å². The van der Waals surface area contributed by atoms with Crippen molar-refractivity contribution >= 4 is 17.5 Å². The molecular weight excluding hydrogens is 398 g/mol. The fourth-order valence-corrected chi connectivity index (χ4v) is 3.88. The fourth-order valence-electron chi connectivity index (χ4n) is 3.76. The summed E-state index contributed by atoms with van der Waals surface area (Å²) in [6.07, 6.45) is 4.65. The van der Waals surface area contributed by atoms with Crippen LogP contribution in [-0.4, -0.2) is 35.5 Å². The Bertz CT molecular complexity index is 979. The van der Waals surface area contributed by atoms with Crippen LogP contribution in [0.4, 0.5) is 0 Å². The van der Waals surface area contributed by atoms with Gasteiger partial charge in [0.15, 0.2) is 6.61 Å². The second kappa shape index (κ2) is 9.74. The van der Waals surface area contributed by atoms with E-state index in [-0.39, 0.29) is 18.6 Å². The van der Waals surface area contributed by atoms with Crippen molar-refractivity contribution < 1.29 is 9.53 Å². The highest BCUT2D eigenvalue weighted by Crippen LogP contribution is 2.27. The minimum absolute atomic E-state index is 0.0375. The van der Waals surface area contributed by atoms with Crippen LogP contribution in [0.15, 0.2) is 73.1 Å². The van der Waals surface area contributed by atoms with Gasteiger partial charge in [-0.15, -0.1) is 0 Å². The maximum Gasteiger partial charge on any atom is 0.258 e. The topological polar surface area (TPSA) is 54.5 Å². The summed E-state index contributed by atoms with van der Waals surface area (Å²) in [5, 5.41) is 3.66. The first kappa shape index (κ1) is 20.4. The van der Waals surface area contributed by atoms with Gasteiger partial charge in [0, 0.05) is 37.1 Å². The number of nitrogens with one attached hydrogen (secondary N) is 1. The molecule has 0 aliphatic carbocycles. The van der Waals surface area contributed by atoms with Gasteiger partial charge in [0.25, 0.3) is 5.91 Å². The first-order chi connectivity index (χ1) is 14.7. The number of nitrogens with zero attached hydrogens (tertiary/aromatic N) is 2. The maximum absolute atomic E-state index is 12.4. The molecule has 2 heterocycles. The molecule has 2 aromatic carbocycles. The van der Waals surface area contributed by atoms with Crippen LogP contribution in [0.3, 0.4) is 0 Å². The van der Waals surface area contributed by atoms with Gasteiger partial charge < -0.3 is 10.1 Å². The minimum atomic E-state index is -0.156. The van der Waals surface area contributed by atoms with E-state index in [0.29, 0.717) is 17.3 Å².